The molecule has 0 bridgehead atoms. The number of fused-ring (bicyclic) bond motifs is 1. The van der Waals surface area contributed by atoms with Gasteiger partial charge in [-0.3, -0.25) is 0 Å². The van der Waals surface area contributed by atoms with Gasteiger partial charge in [-0.05, 0) is 12.0 Å². The van der Waals surface area contributed by atoms with E-state index in [2.05, 4.69) is 4.98 Å². The summed E-state index contributed by atoms with van der Waals surface area (Å²) in [5.74, 6) is -0.600. The van der Waals surface area contributed by atoms with Gasteiger partial charge in [-0.1, -0.05) is 13.8 Å². The van der Waals surface area contributed by atoms with E-state index < -0.39 is 5.82 Å². The molecule has 0 aliphatic carbocycles. The molecule has 0 aliphatic heterocycles. The van der Waals surface area contributed by atoms with E-state index in [1.807, 2.05) is 13.8 Å². The van der Waals surface area contributed by atoms with Crippen LogP contribution in [0.1, 0.15) is 31.2 Å². The first-order chi connectivity index (χ1) is 7.00. The number of benzene rings is 1. The van der Waals surface area contributed by atoms with E-state index in [-0.39, 0.29) is 17.2 Å². The molecule has 80 valence electrons. The van der Waals surface area contributed by atoms with Gasteiger partial charge in [-0.2, -0.15) is 0 Å². The van der Waals surface area contributed by atoms with Crippen molar-refractivity contribution in [2.45, 2.75) is 26.7 Å². The van der Waals surface area contributed by atoms with E-state index in [4.69, 9.17) is 4.42 Å². The molecule has 2 rings (SSSR count). The number of phenolic OH excluding ortho intramolecular Hbond substituents is 1. The Morgan fingerprint density at radius 3 is 2.73 bits per heavy atom. The fourth-order valence-corrected chi connectivity index (χ4v) is 1.59. The summed E-state index contributed by atoms with van der Waals surface area (Å²) in [4.78, 5) is 3.87. The summed E-state index contributed by atoms with van der Waals surface area (Å²) < 4.78 is 18.9. The number of hydrogen-bond donors (Lipinski definition) is 1. The van der Waals surface area contributed by atoms with Gasteiger partial charge in [0, 0.05) is 12.5 Å². The first-order valence-corrected chi connectivity index (χ1v) is 4.79. The summed E-state index contributed by atoms with van der Waals surface area (Å²) in [6.07, 6.45) is 0. The normalized spacial score (nSPS) is 11.5. The summed E-state index contributed by atoms with van der Waals surface area (Å²) in [7, 11) is 0. The smallest absolute Gasteiger partial charge is 0.194 e. The quantitative estimate of drug-likeness (QED) is 0.784. The van der Waals surface area contributed by atoms with Crippen molar-refractivity contribution < 1.29 is 13.9 Å². The Labute approximate surface area is 86.5 Å². The Hall–Kier alpha value is -1.58. The minimum Gasteiger partial charge on any atom is -0.505 e. The van der Waals surface area contributed by atoms with Gasteiger partial charge < -0.3 is 9.52 Å². The van der Waals surface area contributed by atoms with Crippen molar-refractivity contribution in [1.82, 2.24) is 4.98 Å². The maximum absolute atomic E-state index is 13.7. The molecular weight excluding hydrogens is 197 g/mol. The zero-order valence-corrected chi connectivity index (χ0v) is 8.84. The molecule has 1 aromatic carbocycles. The molecule has 0 aliphatic rings. The Morgan fingerprint density at radius 1 is 1.47 bits per heavy atom. The summed E-state index contributed by atoms with van der Waals surface area (Å²) in [6.45, 7) is 5.40. The van der Waals surface area contributed by atoms with Crippen molar-refractivity contribution in [3.8, 4) is 5.75 Å². The van der Waals surface area contributed by atoms with Gasteiger partial charge in [0.15, 0.2) is 23.0 Å². The maximum atomic E-state index is 13.7. The van der Waals surface area contributed by atoms with Crippen molar-refractivity contribution in [3.63, 3.8) is 0 Å². The average Bonchev–Trinajstić information content (AvgIpc) is 2.52. The summed E-state index contributed by atoms with van der Waals surface area (Å²) >= 11 is 0. The summed E-state index contributed by atoms with van der Waals surface area (Å²) in [5.41, 5.74) is 1.01. The fourth-order valence-electron chi connectivity index (χ4n) is 1.59. The summed E-state index contributed by atoms with van der Waals surface area (Å²) in [5, 5.41) is 9.62. The molecule has 0 atom stereocenters. The maximum Gasteiger partial charge on any atom is 0.194 e. The van der Waals surface area contributed by atoms with E-state index in [1.165, 1.54) is 0 Å². The van der Waals surface area contributed by atoms with Crippen LogP contribution in [0.15, 0.2) is 10.5 Å². The number of aromatic hydroxyl groups is 1. The Kier molecular flexibility index (Phi) is 2.14. The lowest BCUT2D eigenvalue weighted by molar-refractivity contribution is 0.426. The van der Waals surface area contributed by atoms with Crippen molar-refractivity contribution in [1.29, 1.82) is 0 Å². The van der Waals surface area contributed by atoms with Gasteiger partial charge in [0.25, 0.3) is 0 Å². The molecule has 0 radical (unpaired) electrons. The van der Waals surface area contributed by atoms with Crippen molar-refractivity contribution in [2.75, 3.05) is 0 Å². The van der Waals surface area contributed by atoms with Gasteiger partial charge in [-0.25, -0.2) is 9.37 Å². The highest BCUT2D eigenvalue weighted by atomic mass is 19.1. The average molecular weight is 209 g/mol. The molecule has 0 amide bonds. The predicted molar refractivity (Wildman–Crippen MR) is 54.5 cm³/mol. The van der Waals surface area contributed by atoms with Crippen LogP contribution in [0, 0.1) is 12.7 Å². The van der Waals surface area contributed by atoms with E-state index >= 15 is 0 Å². The first-order valence-electron chi connectivity index (χ1n) is 4.79. The van der Waals surface area contributed by atoms with Gasteiger partial charge in [0.2, 0.25) is 0 Å². The van der Waals surface area contributed by atoms with Crippen LogP contribution in [-0.4, -0.2) is 10.1 Å². The minimum atomic E-state index is -0.701. The number of hydrogen-bond acceptors (Lipinski definition) is 3. The van der Waals surface area contributed by atoms with E-state index in [0.29, 0.717) is 17.0 Å². The van der Waals surface area contributed by atoms with Crippen LogP contribution >= 0.6 is 0 Å². The lowest BCUT2D eigenvalue weighted by Crippen LogP contribution is -1.91. The van der Waals surface area contributed by atoms with Crippen LogP contribution in [0.25, 0.3) is 11.1 Å². The highest BCUT2D eigenvalue weighted by Crippen LogP contribution is 2.33. The predicted octanol–water partition coefficient (Wildman–Crippen LogP) is 3.10. The second kappa shape index (κ2) is 3.22. The van der Waals surface area contributed by atoms with E-state index in [0.717, 1.165) is 0 Å². The Balaban J connectivity index is 2.81. The fraction of sp³-hybridized carbons (Fsp3) is 0.364. The number of oxazole rings is 1. The molecule has 0 saturated heterocycles. The highest BCUT2D eigenvalue weighted by molar-refractivity contribution is 5.77. The molecule has 0 fully saturated rings. The standard InChI is InChI=1S/C11H12FNO2/c1-5(2)7-4-8-10(9(12)11(7)14)13-6(3)15-8/h4-5,14H,1-3H3. The van der Waals surface area contributed by atoms with E-state index in [9.17, 15) is 9.50 Å². The molecule has 1 N–H and O–H groups in total. The van der Waals surface area contributed by atoms with E-state index in [1.54, 1.807) is 13.0 Å². The number of rotatable bonds is 1. The lowest BCUT2D eigenvalue weighted by atomic mass is 10.0. The number of halogens is 1. The van der Waals surface area contributed by atoms with Gasteiger partial charge in [0.1, 0.15) is 5.52 Å². The Morgan fingerprint density at radius 2 is 2.13 bits per heavy atom. The van der Waals surface area contributed by atoms with Gasteiger partial charge in [0.05, 0.1) is 0 Å². The third kappa shape index (κ3) is 1.46. The highest BCUT2D eigenvalue weighted by Gasteiger charge is 2.18. The van der Waals surface area contributed by atoms with Crippen LogP contribution in [0.2, 0.25) is 0 Å². The molecule has 4 heteroatoms. The van der Waals surface area contributed by atoms with Crippen LogP contribution < -0.4 is 0 Å². The molecular formula is C11H12FNO2. The molecule has 15 heavy (non-hydrogen) atoms. The molecule has 0 spiro atoms. The van der Waals surface area contributed by atoms with Gasteiger partial charge >= 0.3 is 0 Å². The minimum absolute atomic E-state index is 0.0364. The molecule has 0 unspecified atom stereocenters. The first kappa shape index (κ1) is 9.96. The topological polar surface area (TPSA) is 46.3 Å². The third-order valence-electron chi connectivity index (χ3n) is 2.36. The van der Waals surface area contributed by atoms with Crippen LogP contribution in [0.3, 0.4) is 0 Å². The zero-order chi connectivity index (χ0) is 11.2. The molecule has 1 aromatic heterocycles. The van der Waals surface area contributed by atoms with Gasteiger partial charge in [-0.15, -0.1) is 0 Å². The molecule has 1 heterocycles. The van der Waals surface area contributed by atoms with Crippen molar-refractivity contribution in [3.05, 3.63) is 23.3 Å². The van der Waals surface area contributed by atoms with Crippen LogP contribution in [0.5, 0.6) is 5.75 Å². The SMILES string of the molecule is Cc1nc2c(F)c(O)c(C(C)C)cc2o1. The molecule has 3 nitrogen and oxygen atoms in total. The third-order valence-corrected chi connectivity index (χ3v) is 2.36. The number of aromatic nitrogens is 1. The van der Waals surface area contributed by atoms with Crippen LogP contribution in [0.4, 0.5) is 4.39 Å². The number of aryl methyl sites for hydroxylation is 1. The largest absolute Gasteiger partial charge is 0.505 e. The monoisotopic (exact) mass is 209 g/mol. The number of phenols is 1. The summed E-state index contributed by atoms with van der Waals surface area (Å²) in [6, 6.07) is 1.64. The second-order valence-corrected chi connectivity index (χ2v) is 3.86. The lowest BCUT2D eigenvalue weighted by Gasteiger charge is -2.08. The van der Waals surface area contributed by atoms with Crippen molar-refractivity contribution >= 4 is 11.1 Å². The van der Waals surface area contributed by atoms with Crippen molar-refractivity contribution in [2.24, 2.45) is 0 Å². The molecule has 2 aromatic rings. The zero-order valence-electron chi connectivity index (χ0n) is 8.84. The Bertz CT molecular complexity index is 517. The second-order valence-electron chi connectivity index (χ2n) is 3.86. The number of nitrogens with zero attached hydrogens (tertiary/aromatic N) is 1. The van der Waals surface area contributed by atoms with Crippen LogP contribution in [-0.2, 0) is 0 Å². The molecule has 0 saturated carbocycles.